The summed E-state index contributed by atoms with van der Waals surface area (Å²) >= 11 is 1.45. The molecule has 0 radical (unpaired) electrons. The molecule has 1 atom stereocenters. The summed E-state index contributed by atoms with van der Waals surface area (Å²) < 4.78 is 6.35. The largest absolute Gasteiger partial charge is 0.420 e. The number of fused-ring (bicyclic) bond motifs is 1. The molecule has 120 valence electrons. The Kier molecular flexibility index (Phi) is 4.31. The maximum absolute atomic E-state index is 12.0. The average Bonchev–Trinajstić information content (AvgIpc) is 3.09. The van der Waals surface area contributed by atoms with Crippen LogP contribution >= 0.6 is 11.3 Å². The Morgan fingerprint density at radius 3 is 2.91 bits per heavy atom. The van der Waals surface area contributed by atoms with Crippen molar-refractivity contribution in [2.45, 2.75) is 19.6 Å². The first-order chi connectivity index (χ1) is 11.1. The highest BCUT2D eigenvalue weighted by Gasteiger charge is 2.15. The van der Waals surface area contributed by atoms with Crippen LogP contribution in [0.5, 0.6) is 0 Å². The topological polar surface area (TPSA) is 84.5 Å². The van der Waals surface area contributed by atoms with Crippen LogP contribution in [0.3, 0.4) is 0 Å². The summed E-state index contributed by atoms with van der Waals surface area (Å²) in [5.74, 6) is -0.928. The van der Waals surface area contributed by atoms with Gasteiger partial charge in [-0.05, 0) is 36.1 Å². The zero-order chi connectivity index (χ0) is 16.4. The molecule has 0 bridgehead atoms. The second-order valence-corrected chi connectivity index (χ2v) is 6.16. The molecule has 0 aliphatic rings. The molecule has 0 unspecified atom stereocenters. The van der Waals surface area contributed by atoms with Gasteiger partial charge < -0.3 is 14.8 Å². The fraction of sp³-hybridized carbons (Fsp3) is 0.250. The van der Waals surface area contributed by atoms with E-state index in [1.54, 1.807) is 24.3 Å². The highest BCUT2D eigenvalue weighted by atomic mass is 32.1. The van der Waals surface area contributed by atoms with Gasteiger partial charge in [0, 0.05) is 11.4 Å². The van der Waals surface area contributed by atoms with Gasteiger partial charge in [0.25, 0.3) is 0 Å². The number of para-hydroxylation sites is 2. The summed E-state index contributed by atoms with van der Waals surface area (Å²) in [6.07, 6.45) is -0.753. The van der Waals surface area contributed by atoms with Crippen LogP contribution in [0.1, 0.15) is 16.5 Å². The third-order valence-corrected chi connectivity index (χ3v) is 4.69. The summed E-state index contributed by atoms with van der Waals surface area (Å²) in [5.41, 5.74) is 2.01. The number of oxazole rings is 1. The van der Waals surface area contributed by atoms with Gasteiger partial charge >= 0.3 is 5.76 Å². The monoisotopic (exact) mass is 332 g/mol. The molecule has 6 nitrogen and oxygen atoms in total. The first-order valence-electron chi connectivity index (χ1n) is 7.13. The van der Waals surface area contributed by atoms with E-state index in [0.29, 0.717) is 11.1 Å². The maximum Gasteiger partial charge on any atom is 0.420 e. The van der Waals surface area contributed by atoms with Gasteiger partial charge in [0.2, 0.25) is 5.91 Å². The summed E-state index contributed by atoms with van der Waals surface area (Å²) in [6.45, 7) is 1.87. The first kappa shape index (κ1) is 15.5. The predicted molar refractivity (Wildman–Crippen MR) is 87.5 cm³/mol. The third-order valence-electron chi connectivity index (χ3n) is 3.57. The lowest BCUT2D eigenvalue weighted by Crippen LogP contribution is -2.33. The van der Waals surface area contributed by atoms with Gasteiger partial charge in [0.15, 0.2) is 5.58 Å². The Hall–Kier alpha value is -2.38. The molecule has 0 fully saturated rings. The minimum atomic E-state index is -0.753. The number of nitrogens with zero attached hydrogens (tertiary/aromatic N) is 1. The molecule has 0 saturated heterocycles. The van der Waals surface area contributed by atoms with Crippen LogP contribution in [0.2, 0.25) is 0 Å². The number of nitrogens with one attached hydrogen (secondary N) is 1. The van der Waals surface area contributed by atoms with E-state index >= 15 is 0 Å². The second-order valence-electron chi connectivity index (χ2n) is 5.21. The molecule has 0 spiro atoms. The minimum absolute atomic E-state index is 0.102. The van der Waals surface area contributed by atoms with E-state index in [1.165, 1.54) is 15.9 Å². The molecular formula is C16H16N2O4S. The number of aromatic nitrogens is 1. The van der Waals surface area contributed by atoms with Gasteiger partial charge in [-0.25, -0.2) is 4.79 Å². The van der Waals surface area contributed by atoms with Crippen molar-refractivity contribution in [1.29, 1.82) is 0 Å². The van der Waals surface area contributed by atoms with Crippen molar-refractivity contribution in [2.75, 3.05) is 6.54 Å². The van der Waals surface area contributed by atoms with Crippen LogP contribution in [-0.2, 0) is 11.3 Å². The van der Waals surface area contributed by atoms with Crippen LogP contribution in [0.25, 0.3) is 11.1 Å². The van der Waals surface area contributed by atoms with E-state index in [4.69, 9.17) is 4.42 Å². The van der Waals surface area contributed by atoms with Crippen LogP contribution in [-0.4, -0.2) is 22.1 Å². The Morgan fingerprint density at radius 2 is 2.17 bits per heavy atom. The van der Waals surface area contributed by atoms with Crippen LogP contribution in [0.15, 0.2) is 44.9 Å². The smallest absolute Gasteiger partial charge is 0.408 e. The van der Waals surface area contributed by atoms with Gasteiger partial charge in [-0.1, -0.05) is 12.1 Å². The fourth-order valence-electron chi connectivity index (χ4n) is 2.39. The SMILES string of the molecule is Cc1ccsc1[C@H](O)CNC(=O)Cn1c(=O)oc2ccccc21. The molecule has 7 heteroatoms. The van der Waals surface area contributed by atoms with E-state index in [1.807, 2.05) is 18.4 Å². The summed E-state index contributed by atoms with van der Waals surface area (Å²) in [7, 11) is 0. The zero-order valence-corrected chi connectivity index (χ0v) is 13.3. The van der Waals surface area contributed by atoms with Gasteiger partial charge in [-0.15, -0.1) is 11.3 Å². The lowest BCUT2D eigenvalue weighted by molar-refractivity contribution is -0.122. The van der Waals surface area contributed by atoms with Crippen molar-refractivity contribution < 1.29 is 14.3 Å². The average molecular weight is 332 g/mol. The zero-order valence-electron chi connectivity index (χ0n) is 12.5. The lowest BCUT2D eigenvalue weighted by atomic mass is 10.2. The van der Waals surface area contributed by atoms with Crippen molar-refractivity contribution in [3.8, 4) is 0 Å². The van der Waals surface area contributed by atoms with Crippen molar-refractivity contribution in [3.05, 3.63) is 56.7 Å². The lowest BCUT2D eigenvalue weighted by Gasteiger charge is -2.11. The Morgan fingerprint density at radius 1 is 1.39 bits per heavy atom. The van der Waals surface area contributed by atoms with Crippen molar-refractivity contribution in [3.63, 3.8) is 0 Å². The number of aliphatic hydroxyl groups is 1. The maximum atomic E-state index is 12.0. The molecule has 0 saturated carbocycles. The highest BCUT2D eigenvalue weighted by Crippen LogP contribution is 2.23. The molecule has 1 aromatic carbocycles. The summed E-state index contributed by atoms with van der Waals surface area (Å²) in [4.78, 5) is 24.7. The number of benzene rings is 1. The number of aliphatic hydroxyl groups excluding tert-OH is 1. The van der Waals surface area contributed by atoms with Gasteiger partial charge in [0.05, 0.1) is 5.52 Å². The number of rotatable bonds is 5. The van der Waals surface area contributed by atoms with Crippen molar-refractivity contribution >= 4 is 28.3 Å². The first-order valence-corrected chi connectivity index (χ1v) is 8.01. The minimum Gasteiger partial charge on any atom is -0.408 e. The van der Waals surface area contributed by atoms with E-state index in [-0.39, 0.29) is 19.0 Å². The van der Waals surface area contributed by atoms with Crippen LogP contribution in [0, 0.1) is 6.92 Å². The fourth-order valence-corrected chi connectivity index (χ4v) is 3.31. The molecule has 23 heavy (non-hydrogen) atoms. The van der Waals surface area contributed by atoms with Crippen molar-refractivity contribution in [2.24, 2.45) is 0 Å². The molecule has 2 aromatic heterocycles. The van der Waals surface area contributed by atoms with Gasteiger partial charge in [-0.3, -0.25) is 9.36 Å². The normalized spacial score (nSPS) is 12.4. The molecule has 1 amide bonds. The van der Waals surface area contributed by atoms with Gasteiger partial charge in [-0.2, -0.15) is 0 Å². The van der Waals surface area contributed by atoms with E-state index in [9.17, 15) is 14.7 Å². The Bertz CT molecular complexity index is 893. The molecule has 0 aliphatic carbocycles. The molecular weight excluding hydrogens is 316 g/mol. The van der Waals surface area contributed by atoms with E-state index in [2.05, 4.69) is 5.32 Å². The number of thiophene rings is 1. The van der Waals surface area contributed by atoms with Crippen LogP contribution in [0.4, 0.5) is 0 Å². The number of carbonyl (C=O) groups excluding carboxylic acids is 1. The second kappa shape index (κ2) is 6.39. The van der Waals surface area contributed by atoms with E-state index < -0.39 is 11.9 Å². The molecule has 3 aromatic rings. The quantitative estimate of drug-likeness (QED) is 0.746. The number of hydrogen-bond acceptors (Lipinski definition) is 5. The number of aryl methyl sites for hydroxylation is 1. The Balaban J connectivity index is 1.66. The number of amides is 1. The van der Waals surface area contributed by atoms with Crippen LogP contribution < -0.4 is 11.1 Å². The van der Waals surface area contributed by atoms with Gasteiger partial charge in [0.1, 0.15) is 12.6 Å². The van der Waals surface area contributed by atoms with E-state index in [0.717, 1.165) is 10.4 Å². The molecule has 2 N–H and O–H groups in total. The number of hydrogen-bond donors (Lipinski definition) is 2. The summed E-state index contributed by atoms with van der Waals surface area (Å²) in [6, 6.07) is 8.85. The highest BCUT2D eigenvalue weighted by molar-refractivity contribution is 7.10. The summed E-state index contributed by atoms with van der Waals surface area (Å²) in [5, 5.41) is 14.6. The predicted octanol–water partition coefficient (Wildman–Crippen LogP) is 1.81. The third kappa shape index (κ3) is 3.20. The molecule has 0 aliphatic heterocycles. The standard InChI is InChI=1S/C16H16N2O4S/c1-10-6-7-23-15(10)12(19)8-17-14(20)9-18-11-4-2-3-5-13(11)22-16(18)21/h2-7,12,19H,8-9H2,1H3,(H,17,20)/t12-/m1/s1. The molecule has 3 rings (SSSR count). The molecule has 2 heterocycles. The van der Waals surface area contributed by atoms with Crippen molar-refractivity contribution in [1.82, 2.24) is 9.88 Å². The Labute approximate surface area is 136 Å². The number of carbonyl (C=O) groups is 1.